The minimum absolute atomic E-state index is 0.484. The molecule has 0 aromatic carbocycles. The topological polar surface area (TPSA) is 54.2 Å². The third-order valence-electron chi connectivity index (χ3n) is 3.76. The van der Waals surface area contributed by atoms with Crippen molar-refractivity contribution in [3.63, 3.8) is 0 Å². The van der Waals surface area contributed by atoms with Gasteiger partial charge in [-0.3, -0.25) is 0 Å². The molecule has 1 fully saturated rings. The number of aryl methyl sites for hydroxylation is 1. The number of pyridine rings is 1. The fraction of sp³-hybridized carbons (Fsp3) is 0.615. The molecule has 1 aromatic heterocycles. The number of nitrogens with two attached hydrogens (primary N) is 1. The molecule has 94 valence electrons. The Balaban J connectivity index is 2.04. The van der Waals surface area contributed by atoms with Crippen LogP contribution in [-0.2, 0) is 0 Å². The van der Waals surface area contributed by atoms with E-state index >= 15 is 0 Å². The number of nitrogens with zero attached hydrogens (tertiary/aromatic N) is 2. The van der Waals surface area contributed by atoms with E-state index in [0.29, 0.717) is 12.1 Å². The zero-order valence-corrected chi connectivity index (χ0v) is 10.9. The number of nitrogen functional groups attached to an aromatic ring is 1. The standard InChI is InChI=1S/C13H22N4/c1-9-4-6-15-13(12(9)14)16-11-5-7-17(3)10(2)8-11/h4,6,10-11H,5,7-8,14H2,1-3H3,(H,15,16). The van der Waals surface area contributed by atoms with Crippen molar-refractivity contribution in [3.8, 4) is 0 Å². The predicted octanol–water partition coefficient (Wildman–Crippen LogP) is 1.87. The number of rotatable bonds is 2. The Morgan fingerprint density at radius 3 is 3.00 bits per heavy atom. The highest BCUT2D eigenvalue weighted by Crippen LogP contribution is 2.23. The average molecular weight is 234 g/mol. The normalized spacial score (nSPS) is 25.8. The second kappa shape index (κ2) is 4.92. The summed E-state index contributed by atoms with van der Waals surface area (Å²) in [6, 6.07) is 3.04. The molecule has 1 aromatic rings. The van der Waals surface area contributed by atoms with Crippen LogP contribution in [0.4, 0.5) is 11.5 Å². The Labute approximate surface area is 103 Å². The Morgan fingerprint density at radius 2 is 2.29 bits per heavy atom. The van der Waals surface area contributed by atoms with E-state index < -0.39 is 0 Å². The summed E-state index contributed by atoms with van der Waals surface area (Å²) in [6.07, 6.45) is 4.11. The van der Waals surface area contributed by atoms with Crippen molar-refractivity contribution in [3.05, 3.63) is 17.8 Å². The van der Waals surface area contributed by atoms with Crippen LogP contribution in [-0.4, -0.2) is 35.6 Å². The van der Waals surface area contributed by atoms with Crippen LogP contribution in [0.15, 0.2) is 12.3 Å². The van der Waals surface area contributed by atoms with Gasteiger partial charge in [0.2, 0.25) is 0 Å². The predicted molar refractivity (Wildman–Crippen MR) is 72.1 cm³/mol. The molecule has 0 radical (unpaired) electrons. The van der Waals surface area contributed by atoms with E-state index in [1.54, 1.807) is 0 Å². The molecule has 2 atom stereocenters. The first-order valence-electron chi connectivity index (χ1n) is 6.25. The van der Waals surface area contributed by atoms with E-state index in [9.17, 15) is 0 Å². The van der Waals surface area contributed by atoms with Crippen molar-refractivity contribution in [2.75, 3.05) is 24.6 Å². The first kappa shape index (κ1) is 12.2. The summed E-state index contributed by atoms with van der Waals surface area (Å²) in [5.74, 6) is 0.840. The zero-order valence-electron chi connectivity index (χ0n) is 10.9. The third kappa shape index (κ3) is 2.69. The van der Waals surface area contributed by atoms with E-state index in [1.165, 1.54) is 0 Å². The Bertz CT molecular complexity index is 391. The number of hydrogen-bond acceptors (Lipinski definition) is 4. The fourth-order valence-electron chi connectivity index (χ4n) is 2.30. The second-order valence-electron chi connectivity index (χ2n) is 5.09. The Kier molecular flexibility index (Phi) is 3.52. The van der Waals surface area contributed by atoms with Crippen molar-refractivity contribution in [1.29, 1.82) is 0 Å². The average Bonchev–Trinajstić information content (AvgIpc) is 2.30. The van der Waals surface area contributed by atoms with Crippen LogP contribution in [0, 0.1) is 6.92 Å². The van der Waals surface area contributed by atoms with Crippen molar-refractivity contribution >= 4 is 11.5 Å². The van der Waals surface area contributed by atoms with Gasteiger partial charge in [0.25, 0.3) is 0 Å². The van der Waals surface area contributed by atoms with Gasteiger partial charge in [-0.2, -0.15) is 0 Å². The summed E-state index contributed by atoms with van der Waals surface area (Å²) in [5.41, 5.74) is 7.89. The number of aromatic nitrogens is 1. The highest BCUT2D eigenvalue weighted by Gasteiger charge is 2.23. The van der Waals surface area contributed by atoms with Gasteiger partial charge in [-0.1, -0.05) is 0 Å². The van der Waals surface area contributed by atoms with Crippen LogP contribution in [0.5, 0.6) is 0 Å². The maximum Gasteiger partial charge on any atom is 0.149 e. The van der Waals surface area contributed by atoms with Crippen LogP contribution in [0.25, 0.3) is 0 Å². The van der Waals surface area contributed by atoms with Gasteiger partial charge in [-0.25, -0.2) is 4.98 Å². The highest BCUT2D eigenvalue weighted by atomic mass is 15.2. The molecule has 17 heavy (non-hydrogen) atoms. The van der Waals surface area contributed by atoms with E-state index in [2.05, 4.69) is 29.2 Å². The maximum atomic E-state index is 6.03. The monoisotopic (exact) mass is 234 g/mol. The number of anilines is 2. The lowest BCUT2D eigenvalue weighted by atomic mass is 9.99. The van der Waals surface area contributed by atoms with Crippen molar-refractivity contribution in [1.82, 2.24) is 9.88 Å². The Hall–Kier alpha value is -1.29. The first-order valence-corrected chi connectivity index (χ1v) is 6.25. The summed E-state index contributed by atoms with van der Waals surface area (Å²) in [4.78, 5) is 6.72. The number of nitrogens with one attached hydrogen (secondary N) is 1. The first-order chi connectivity index (χ1) is 8.08. The SMILES string of the molecule is Cc1ccnc(NC2CCN(C)C(C)C2)c1N. The minimum Gasteiger partial charge on any atom is -0.396 e. The van der Waals surface area contributed by atoms with Gasteiger partial charge in [0.1, 0.15) is 5.82 Å². The summed E-state index contributed by atoms with van der Waals surface area (Å²) in [5, 5.41) is 3.48. The lowest BCUT2D eigenvalue weighted by Crippen LogP contribution is -2.42. The van der Waals surface area contributed by atoms with Gasteiger partial charge in [0.15, 0.2) is 0 Å². The van der Waals surface area contributed by atoms with E-state index in [4.69, 9.17) is 5.73 Å². The van der Waals surface area contributed by atoms with Crippen molar-refractivity contribution < 1.29 is 0 Å². The molecule has 0 aliphatic carbocycles. The van der Waals surface area contributed by atoms with Crippen LogP contribution in [0.3, 0.4) is 0 Å². The summed E-state index contributed by atoms with van der Waals surface area (Å²) < 4.78 is 0. The lowest BCUT2D eigenvalue weighted by Gasteiger charge is -2.35. The maximum absolute atomic E-state index is 6.03. The van der Waals surface area contributed by atoms with Crippen molar-refractivity contribution in [2.24, 2.45) is 0 Å². The molecular weight excluding hydrogens is 212 g/mol. The van der Waals surface area contributed by atoms with Crippen LogP contribution >= 0.6 is 0 Å². The molecule has 4 heteroatoms. The summed E-state index contributed by atoms with van der Waals surface area (Å²) in [7, 11) is 2.18. The fourth-order valence-corrected chi connectivity index (χ4v) is 2.30. The summed E-state index contributed by atoms with van der Waals surface area (Å²) >= 11 is 0. The Morgan fingerprint density at radius 1 is 1.53 bits per heavy atom. The molecule has 1 saturated heterocycles. The second-order valence-corrected chi connectivity index (χ2v) is 5.09. The van der Waals surface area contributed by atoms with Gasteiger partial charge in [-0.15, -0.1) is 0 Å². The smallest absolute Gasteiger partial charge is 0.149 e. The van der Waals surface area contributed by atoms with Crippen LogP contribution < -0.4 is 11.1 Å². The third-order valence-corrected chi connectivity index (χ3v) is 3.76. The van der Waals surface area contributed by atoms with E-state index in [-0.39, 0.29) is 0 Å². The molecule has 0 spiro atoms. The van der Waals surface area contributed by atoms with E-state index in [1.807, 2.05) is 19.2 Å². The minimum atomic E-state index is 0.484. The molecule has 4 nitrogen and oxygen atoms in total. The number of hydrogen-bond donors (Lipinski definition) is 2. The molecule has 0 bridgehead atoms. The van der Waals surface area contributed by atoms with E-state index in [0.717, 1.165) is 36.5 Å². The molecule has 0 amide bonds. The molecule has 1 aliphatic rings. The lowest BCUT2D eigenvalue weighted by molar-refractivity contribution is 0.190. The van der Waals surface area contributed by atoms with Gasteiger partial charge in [-0.05, 0) is 45.4 Å². The summed E-state index contributed by atoms with van der Waals surface area (Å²) in [6.45, 7) is 5.41. The molecule has 3 N–H and O–H groups in total. The van der Waals surface area contributed by atoms with Crippen LogP contribution in [0.1, 0.15) is 25.3 Å². The quantitative estimate of drug-likeness (QED) is 0.820. The van der Waals surface area contributed by atoms with Crippen molar-refractivity contribution in [2.45, 2.75) is 38.8 Å². The number of likely N-dealkylation sites (tertiary alicyclic amines) is 1. The van der Waals surface area contributed by atoms with Crippen LogP contribution in [0.2, 0.25) is 0 Å². The van der Waals surface area contributed by atoms with Gasteiger partial charge in [0, 0.05) is 24.8 Å². The molecule has 2 heterocycles. The largest absolute Gasteiger partial charge is 0.396 e. The van der Waals surface area contributed by atoms with Gasteiger partial charge < -0.3 is 16.0 Å². The molecule has 2 rings (SSSR count). The van der Waals surface area contributed by atoms with Gasteiger partial charge in [0.05, 0.1) is 5.69 Å². The molecule has 1 aliphatic heterocycles. The highest BCUT2D eigenvalue weighted by molar-refractivity contribution is 5.65. The molecule has 2 unspecified atom stereocenters. The molecule has 0 saturated carbocycles. The number of piperidine rings is 1. The molecular formula is C13H22N4. The van der Waals surface area contributed by atoms with Gasteiger partial charge >= 0.3 is 0 Å². The zero-order chi connectivity index (χ0) is 12.4.